The molecule has 0 aliphatic carbocycles. The van der Waals surface area contributed by atoms with Crippen LogP contribution in [0.3, 0.4) is 0 Å². The van der Waals surface area contributed by atoms with Gasteiger partial charge in [0.25, 0.3) is 5.91 Å². The lowest BCUT2D eigenvalue weighted by Crippen LogP contribution is -2.34. The molecule has 1 fully saturated rings. The molecule has 1 aliphatic heterocycles. The quantitative estimate of drug-likeness (QED) is 0.809. The molecule has 0 bridgehead atoms. The first-order chi connectivity index (χ1) is 8.75. The molecule has 0 spiro atoms. The lowest BCUT2D eigenvalue weighted by Gasteiger charge is -2.22. The van der Waals surface area contributed by atoms with Crippen molar-refractivity contribution in [2.24, 2.45) is 0 Å². The van der Waals surface area contributed by atoms with E-state index in [2.05, 4.69) is 26.6 Å². The molecule has 1 saturated heterocycles. The Morgan fingerprint density at radius 2 is 2.28 bits per heavy atom. The van der Waals surface area contributed by atoms with Crippen molar-refractivity contribution in [3.05, 3.63) is 22.6 Å². The molecule has 1 aliphatic rings. The highest BCUT2D eigenvalue weighted by molar-refractivity contribution is 9.10. The van der Waals surface area contributed by atoms with Crippen LogP contribution in [-0.4, -0.2) is 38.3 Å². The molecule has 0 atom stereocenters. The molecule has 100 valence electrons. The Morgan fingerprint density at radius 3 is 2.94 bits per heavy atom. The number of furan rings is 1. The predicted molar refractivity (Wildman–Crippen MR) is 70.6 cm³/mol. The molecular weight excluding hydrogens is 300 g/mol. The molecule has 2 rings (SSSR count). The number of hydrogen-bond donors (Lipinski definition) is 2. The molecule has 6 heteroatoms. The van der Waals surface area contributed by atoms with Gasteiger partial charge in [-0.1, -0.05) is 0 Å². The molecule has 18 heavy (non-hydrogen) atoms. The molecule has 1 aromatic heterocycles. The molecule has 0 saturated carbocycles. The van der Waals surface area contributed by atoms with Gasteiger partial charge in [0, 0.05) is 6.54 Å². The lowest BCUT2D eigenvalue weighted by atomic mass is 10.1. The van der Waals surface area contributed by atoms with Gasteiger partial charge in [0.15, 0.2) is 10.4 Å². The van der Waals surface area contributed by atoms with E-state index in [1.54, 1.807) is 12.1 Å². The van der Waals surface area contributed by atoms with Crippen LogP contribution in [0.1, 0.15) is 23.4 Å². The third-order valence-corrected chi connectivity index (χ3v) is 3.25. The van der Waals surface area contributed by atoms with Gasteiger partial charge >= 0.3 is 0 Å². The maximum absolute atomic E-state index is 11.6. The average molecular weight is 317 g/mol. The second kappa shape index (κ2) is 6.92. The summed E-state index contributed by atoms with van der Waals surface area (Å²) >= 11 is 3.16. The summed E-state index contributed by atoms with van der Waals surface area (Å²) in [6.07, 6.45) is 2.40. The standard InChI is InChI=1S/C12H17BrN2O3/c13-11-2-1-10(18-11)12(16)15-7-8-17-9-3-5-14-6-4-9/h1-2,9,14H,3-8H2,(H,15,16). The summed E-state index contributed by atoms with van der Waals surface area (Å²) in [5.41, 5.74) is 0. The zero-order valence-electron chi connectivity index (χ0n) is 10.1. The van der Waals surface area contributed by atoms with Crippen molar-refractivity contribution in [2.75, 3.05) is 26.2 Å². The summed E-state index contributed by atoms with van der Waals surface area (Å²) in [5, 5.41) is 6.04. The largest absolute Gasteiger partial charge is 0.444 e. The molecular formula is C12H17BrN2O3. The van der Waals surface area contributed by atoms with Gasteiger partial charge in [-0.2, -0.15) is 0 Å². The zero-order valence-corrected chi connectivity index (χ0v) is 11.7. The maximum atomic E-state index is 11.6. The van der Waals surface area contributed by atoms with Crippen molar-refractivity contribution in [3.8, 4) is 0 Å². The summed E-state index contributed by atoms with van der Waals surface area (Å²) in [6, 6.07) is 3.33. The van der Waals surface area contributed by atoms with Crippen LogP contribution in [0.2, 0.25) is 0 Å². The summed E-state index contributed by atoms with van der Waals surface area (Å²) in [5.74, 6) is 0.0957. The van der Waals surface area contributed by atoms with Crippen LogP contribution >= 0.6 is 15.9 Å². The third-order valence-electron chi connectivity index (χ3n) is 2.82. The number of halogens is 1. The van der Waals surface area contributed by atoms with Crippen LogP contribution in [0, 0.1) is 0 Å². The Hall–Kier alpha value is -0.850. The molecule has 0 aromatic carbocycles. The topological polar surface area (TPSA) is 63.5 Å². The van der Waals surface area contributed by atoms with Gasteiger partial charge in [-0.15, -0.1) is 0 Å². The lowest BCUT2D eigenvalue weighted by molar-refractivity contribution is 0.0341. The number of hydrogen-bond acceptors (Lipinski definition) is 4. The van der Waals surface area contributed by atoms with Gasteiger partial charge in [0.05, 0.1) is 12.7 Å². The van der Waals surface area contributed by atoms with E-state index in [1.807, 2.05) is 0 Å². The van der Waals surface area contributed by atoms with Gasteiger partial charge in [-0.05, 0) is 54.0 Å². The van der Waals surface area contributed by atoms with Crippen molar-refractivity contribution in [3.63, 3.8) is 0 Å². The van der Waals surface area contributed by atoms with Crippen LogP contribution in [0.4, 0.5) is 0 Å². The minimum atomic E-state index is -0.213. The van der Waals surface area contributed by atoms with Crippen LogP contribution < -0.4 is 10.6 Å². The Labute approximate surface area is 114 Å². The number of nitrogens with one attached hydrogen (secondary N) is 2. The first-order valence-corrected chi connectivity index (χ1v) is 6.91. The van der Waals surface area contributed by atoms with Crippen LogP contribution in [-0.2, 0) is 4.74 Å². The van der Waals surface area contributed by atoms with E-state index in [4.69, 9.17) is 9.15 Å². The second-order valence-electron chi connectivity index (χ2n) is 4.18. The summed E-state index contributed by atoms with van der Waals surface area (Å²) < 4.78 is 11.4. The maximum Gasteiger partial charge on any atom is 0.287 e. The highest BCUT2D eigenvalue weighted by Gasteiger charge is 2.13. The van der Waals surface area contributed by atoms with E-state index in [0.29, 0.717) is 29.7 Å². The number of carbonyl (C=O) groups excluding carboxylic acids is 1. The number of rotatable bonds is 5. The number of piperidine rings is 1. The Bertz CT molecular complexity index is 388. The first-order valence-electron chi connectivity index (χ1n) is 6.11. The van der Waals surface area contributed by atoms with Crippen molar-refractivity contribution in [1.82, 2.24) is 10.6 Å². The normalized spacial score (nSPS) is 16.7. The van der Waals surface area contributed by atoms with E-state index >= 15 is 0 Å². The Morgan fingerprint density at radius 1 is 1.50 bits per heavy atom. The van der Waals surface area contributed by atoms with Gasteiger partial charge in [0.1, 0.15) is 0 Å². The van der Waals surface area contributed by atoms with Crippen LogP contribution in [0.15, 0.2) is 21.2 Å². The zero-order chi connectivity index (χ0) is 12.8. The van der Waals surface area contributed by atoms with Crippen molar-refractivity contribution < 1.29 is 13.9 Å². The fourth-order valence-electron chi connectivity index (χ4n) is 1.88. The first kappa shape index (κ1) is 13.6. The van der Waals surface area contributed by atoms with Gasteiger partial charge in [-0.25, -0.2) is 0 Å². The molecule has 0 unspecified atom stereocenters. The van der Waals surface area contributed by atoms with Crippen LogP contribution in [0.25, 0.3) is 0 Å². The van der Waals surface area contributed by atoms with Gasteiger partial charge in [0.2, 0.25) is 0 Å². The summed E-state index contributed by atoms with van der Waals surface area (Å²) in [4.78, 5) is 11.6. The van der Waals surface area contributed by atoms with E-state index in [-0.39, 0.29) is 5.91 Å². The van der Waals surface area contributed by atoms with E-state index in [1.165, 1.54) is 0 Å². The van der Waals surface area contributed by atoms with Crippen molar-refractivity contribution in [1.29, 1.82) is 0 Å². The average Bonchev–Trinajstić information content (AvgIpc) is 2.82. The van der Waals surface area contributed by atoms with Crippen molar-refractivity contribution >= 4 is 21.8 Å². The molecule has 1 amide bonds. The Kier molecular flexibility index (Phi) is 5.22. The van der Waals surface area contributed by atoms with Crippen molar-refractivity contribution in [2.45, 2.75) is 18.9 Å². The molecule has 2 N–H and O–H groups in total. The fourth-order valence-corrected chi connectivity index (χ4v) is 2.18. The minimum Gasteiger partial charge on any atom is -0.444 e. The fraction of sp³-hybridized carbons (Fsp3) is 0.583. The summed E-state index contributed by atoms with van der Waals surface area (Å²) in [6.45, 7) is 3.06. The van der Waals surface area contributed by atoms with E-state index in [0.717, 1.165) is 25.9 Å². The number of carbonyl (C=O) groups is 1. The van der Waals surface area contributed by atoms with E-state index in [9.17, 15) is 4.79 Å². The van der Waals surface area contributed by atoms with Gasteiger partial charge in [-0.3, -0.25) is 4.79 Å². The molecule has 2 heterocycles. The Balaban J connectivity index is 1.61. The molecule has 5 nitrogen and oxygen atoms in total. The summed E-state index contributed by atoms with van der Waals surface area (Å²) in [7, 11) is 0. The van der Waals surface area contributed by atoms with Gasteiger partial charge < -0.3 is 19.8 Å². The molecule has 1 aromatic rings. The SMILES string of the molecule is O=C(NCCOC1CCNCC1)c1ccc(Br)o1. The predicted octanol–water partition coefficient (Wildman–Crippen LogP) is 1.54. The minimum absolute atomic E-state index is 0.213. The van der Waals surface area contributed by atoms with E-state index < -0.39 is 0 Å². The smallest absolute Gasteiger partial charge is 0.287 e. The molecule has 0 radical (unpaired) electrons. The highest BCUT2D eigenvalue weighted by atomic mass is 79.9. The number of amides is 1. The van der Waals surface area contributed by atoms with Crippen LogP contribution in [0.5, 0.6) is 0 Å². The highest BCUT2D eigenvalue weighted by Crippen LogP contribution is 2.13. The monoisotopic (exact) mass is 316 g/mol. The third kappa shape index (κ3) is 4.12. The second-order valence-corrected chi connectivity index (χ2v) is 4.96. The number of ether oxygens (including phenoxy) is 1.